The smallest absolute Gasteiger partial charge is 0.358 e. The maximum Gasteiger partial charge on any atom is 0.358 e. The van der Waals surface area contributed by atoms with Crippen molar-refractivity contribution in [2.45, 2.75) is 19.9 Å². The van der Waals surface area contributed by atoms with E-state index < -0.39 is 0 Å². The molecule has 0 fully saturated rings. The molecule has 0 N–H and O–H groups in total. The lowest BCUT2D eigenvalue weighted by molar-refractivity contribution is 0.0520. The highest BCUT2D eigenvalue weighted by atomic mass is 79.9. The van der Waals surface area contributed by atoms with Gasteiger partial charge in [-0.05, 0) is 25.5 Å². The second-order valence-electron chi connectivity index (χ2n) is 4.12. The van der Waals surface area contributed by atoms with Gasteiger partial charge in [-0.2, -0.15) is 0 Å². The average Bonchev–Trinajstić information content (AvgIpc) is 2.88. The molecule has 1 heterocycles. The third-order valence-electron chi connectivity index (χ3n) is 2.89. The number of benzene rings is 1. The molecule has 1 aromatic heterocycles. The van der Waals surface area contributed by atoms with Crippen molar-refractivity contribution in [3.63, 3.8) is 0 Å². The summed E-state index contributed by atoms with van der Waals surface area (Å²) in [6.45, 7) is 4.18. The molecule has 5 heteroatoms. The van der Waals surface area contributed by atoms with Crippen LogP contribution in [0.3, 0.4) is 0 Å². The maximum atomic E-state index is 11.6. The fraction of sp³-hybridized carbons (Fsp3) is 0.286. The quantitative estimate of drug-likeness (QED) is 0.810. The number of hydrogen-bond acceptors (Lipinski definition) is 3. The van der Waals surface area contributed by atoms with Crippen LogP contribution in [0.1, 0.15) is 35.9 Å². The summed E-state index contributed by atoms with van der Waals surface area (Å²) in [7, 11) is 0. The molecular formula is C14H15BrN2O2. The van der Waals surface area contributed by atoms with Crippen molar-refractivity contribution in [1.82, 2.24) is 9.55 Å². The van der Waals surface area contributed by atoms with Gasteiger partial charge >= 0.3 is 5.97 Å². The Morgan fingerprint density at radius 3 is 2.89 bits per heavy atom. The first-order valence-electron chi connectivity index (χ1n) is 6.08. The Kier molecular flexibility index (Phi) is 4.37. The van der Waals surface area contributed by atoms with Gasteiger partial charge in [0.2, 0.25) is 0 Å². The minimum atomic E-state index is -0.388. The third kappa shape index (κ3) is 3.04. The molecule has 0 amide bonds. The molecule has 0 spiro atoms. The largest absolute Gasteiger partial charge is 0.461 e. The number of aromatic nitrogens is 2. The molecule has 4 nitrogen and oxygen atoms in total. The van der Waals surface area contributed by atoms with Crippen LogP contribution in [0.5, 0.6) is 0 Å². The van der Waals surface area contributed by atoms with Crippen molar-refractivity contribution in [2.24, 2.45) is 0 Å². The number of esters is 1. The fourth-order valence-electron chi connectivity index (χ4n) is 1.83. The maximum absolute atomic E-state index is 11.6. The number of imidazole rings is 1. The van der Waals surface area contributed by atoms with E-state index in [0.717, 1.165) is 10.0 Å². The number of carbonyl (C=O) groups is 1. The normalized spacial score (nSPS) is 12.2. The standard InChI is InChI=1S/C14H15BrN2O2/c1-3-19-14(18)13-8-17(9-16-13)10(2)11-6-4-5-7-12(11)15/h4-10H,3H2,1-2H3. The van der Waals surface area contributed by atoms with Crippen molar-refractivity contribution >= 4 is 21.9 Å². The highest BCUT2D eigenvalue weighted by molar-refractivity contribution is 9.10. The summed E-state index contributed by atoms with van der Waals surface area (Å²) in [5.74, 6) is -0.388. The second kappa shape index (κ2) is 6.02. The molecule has 1 unspecified atom stereocenters. The van der Waals surface area contributed by atoms with E-state index in [4.69, 9.17) is 4.74 Å². The highest BCUT2D eigenvalue weighted by Crippen LogP contribution is 2.25. The molecule has 1 atom stereocenters. The molecule has 1 aromatic carbocycles. The average molecular weight is 323 g/mol. The Morgan fingerprint density at radius 1 is 1.47 bits per heavy atom. The summed E-state index contributed by atoms with van der Waals surface area (Å²) in [4.78, 5) is 15.7. The minimum absolute atomic E-state index is 0.0891. The van der Waals surface area contributed by atoms with E-state index in [1.54, 1.807) is 19.4 Å². The Labute approximate surface area is 120 Å². The Hall–Kier alpha value is -1.62. The van der Waals surface area contributed by atoms with Crippen LogP contribution in [0.25, 0.3) is 0 Å². The summed E-state index contributed by atoms with van der Waals surface area (Å²) in [5, 5.41) is 0. The van der Waals surface area contributed by atoms with E-state index in [1.807, 2.05) is 28.8 Å². The molecule has 2 aromatic rings. The molecule has 0 saturated carbocycles. The first-order chi connectivity index (χ1) is 9.13. The lowest BCUT2D eigenvalue weighted by Crippen LogP contribution is -2.07. The number of ether oxygens (including phenoxy) is 1. The molecule has 2 rings (SSSR count). The van der Waals surface area contributed by atoms with Gasteiger partial charge in [0.1, 0.15) is 0 Å². The SMILES string of the molecule is CCOC(=O)c1cn(C(C)c2ccccc2Br)cn1. The minimum Gasteiger partial charge on any atom is -0.461 e. The van der Waals surface area contributed by atoms with E-state index >= 15 is 0 Å². The molecule has 100 valence electrons. The van der Waals surface area contributed by atoms with Crippen molar-refractivity contribution < 1.29 is 9.53 Å². The summed E-state index contributed by atoms with van der Waals surface area (Å²) in [6, 6.07) is 8.08. The van der Waals surface area contributed by atoms with Crippen LogP contribution in [-0.2, 0) is 4.74 Å². The van der Waals surface area contributed by atoms with Gasteiger partial charge in [-0.1, -0.05) is 34.1 Å². The molecule has 0 aliphatic heterocycles. The third-order valence-corrected chi connectivity index (χ3v) is 3.61. The van der Waals surface area contributed by atoms with Gasteiger partial charge in [0.25, 0.3) is 0 Å². The van der Waals surface area contributed by atoms with Crippen LogP contribution >= 0.6 is 15.9 Å². The molecule has 0 aliphatic carbocycles. The zero-order valence-electron chi connectivity index (χ0n) is 10.8. The van der Waals surface area contributed by atoms with Crippen LogP contribution < -0.4 is 0 Å². The van der Waals surface area contributed by atoms with Crippen LogP contribution in [0, 0.1) is 0 Å². The number of hydrogen-bond donors (Lipinski definition) is 0. The van der Waals surface area contributed by atoms with Gasteiger partial charge in [0.15, 0.2) is 5.69 Å². The summed E-state index contributed by atoms with van der Waals surface area (Å²) in [6.07, 6.45) is 3.36. The van der Waals surface area contributed by atoms with Gasteiger partial charge in [-0.15, -0.1) is 0 Å². The zero-order chi connectivity index (χ0) is 13.8. The summed E-state index contributed by atoms with van der Waals surface area (Å²) < 4.78 is 7.86. The molecule has 19 heavy (non-hydrogen) atoms. The van der Waals surface area contributed by atoms with E-state index in [1.165, 1.54) is 0 Å². The van der Waals surface area contributed by atoms with Crippen molar-refractivity contribution in [2.75, 3.05) is 6.61 Å². The molecule has 0 bridgehead atoms. The van der Waals surface area contributed by atoms with Gasteiger partial charge in [-0.3, -0.25) is 0 Å². The van der Waals surface area contributed by atoms with E-state index in [2.05, 4.69) is 27.8 Å². The number of rotatable bonds is 4. The topological polar surface area (TPSA) is 44.1 Å². The van der Waals surface area contributed by atoms with Gasteiger partial charge in [-0.25, -0.2) is 9.78 Å². The molecule has 0 saturated heterocycles. The number of carbonyl (C=O) groups excluding carboxylic acids is 1. The predicted molar refractivity (Wildman–Crippen MR) is 76.1 cm³/mol. The highest BCUT2D eigenvalue weighted by Gasteiger charge is 2.15. The second-order valence-corrected chi connectivity index (χ2v) is 4.98. The van der Waals surface area contributed by atoms with Crippen LogP contribution in [-0.4, -0.2) is 22.1 Å². The Bertz CT molecular complexity index is 580. The number of nitrogens with zero attached hydrogens (tertiary/aromatic N) is 2. The summed E-state index contributed by atoms with van der Waals surface area (Å²) in [5.41, 5.74) is 1.47. The van der Waals surface area contributed by atoms with Crippen molar-refractivity contribution in [3.05, 3.63) is 52.5 Å². The molecular weight excluding hydrogens is 308 g/mol. The first-order valence-corrected chi connectivity index (χ1v) is 6.87. The Morgan fingerprint density at radius 2 is 2.21 bits per heavy atom. The lowest BCUT2D eigenvalue weighted by atomic mass is 10.1. The van der Waals surface area contributed by atoms with E-state index in [0.29, 0.717) is 12.3 Å². The van der Waals surface area contributed by atoms with Gasteiger partial charge < -0.3 is 9.30 Å². The van der Waals surface area contributed by atoms with Crippen molar-refractivity contribution in [1.29, 1.82) is 0 Å². The van der Waals surface area contributed by atoms with Crippen LogP contribution in [0.15, 0.2) is 41.3 Å². The summed E-state index contributed by atoms with van der Waals surface area (Å²) >= 11 is 3.53. The van der Waals surface area contributed by atoms with E-state index in [9.17, 15) is 4.79 Å². The van der Waals surface area contributed by atoms with Gasteiger partial charge in [0, 0.05) is 10.7 Å². The Balaban J connectivity index is 2.23. The van der Waals surface area contributed by atoms with Crippen molar-refractivity contribution in [3.8, 4) is 0 Å². The van der Waals surface area contributed by atoms with Crippen LogP contribution in [0.4, 0.5) is 0 Å². The molecule has 0 aliphatic rings. The first kappa shape index (κ1) is 13.8. The fourth-order valence-corrected chi connectivity index (χ4v) is 2.45. The number of halogens is 1. The lowest BCUT2D eigenvalue weighted by Gasteiger charge is -2.14. The van der Waals surface area contributed by atoms with Gasteiger partial charge in [0.05, 0.1) is 19.0 Å². The molecule has 0 radical (unpaired) electrons. The van der Waals surface area contributed by atoms with Crippen LogP contribution in [0.2, 0.25) is 0 Å². The zero-order valence-corrected chi connectivity index (χ0v) is 12.4. The van der Waals surface area contributed by atoms with E-state index in [-0.39, 0.29) is 12.0 Å². The monoisotopic (exact) mass is 322 g/mol. The predicted octanol–water partition coefficient (Wildman–Crippen LogP) is 3.43.